The fraction of sp³-hybridized carbons (Fsp3) is 0.259. The highest BCUT2D eigenvalue weighted by Crippen LogP contribution is 2.42. The van der Waals surface area contributed by atoms with Gasteiger partial charge in [0.2, 0.25) is 5.91 Å². The Morgan fingerprint density at radius 2 is 1.61 bits per heavy atom. The van der Waals surface area contributed by atoms with Crippen molar-refractivity contribution < 1.29 is 14.3 Å². The molecular weight excluding hydrogens is 432 g/mol. The average Bonchev–Trinajstić information content (AvgIpc) is 3.20. The molecule has 2 amide bonds. The van der Waals surface area contributed by atoms with E-state index in [4.69, 9.17) is 4.74 Å². The number of methoxy groups -OCH3 is 1. The van der Waals surface area contributed by atoms with Crippen molar-refractivity contribution in [3.63, 3.8) is 0 Å². The molecule has 0 bridgehead atoms. The fourth-order valence-corrected chi connectivity index (χ4v) is 4.93. The Morgan fingerprint density at radius 3 is 2.18 bits per heavy atom. The first-order valence-electron chi connectivity index (χ1n) is 10.9. The lowest BCUT2D eigenvalue weighted by Crippen LogP contribution is -2.28. The number of benzene rings is 3. The number of thioether (sulfide) groups is 1. The molecule has 1 fully saturated rings. The Morgan fingerprint density at radius 1 is 0.970 bits per heavy atom. The van der Waals surface area contributed by atoms with Crippen LogP contribution in [0.2, 0.25) is 0 Å². The average molecular weight is 461 g/mol. The number of anilines is 2. The molecule has 1 unspecified atom stereocenters. The molecule has 1 aliphatic rings. The maximum atomic E-state index is 12.7. The lowest BCUT2D eigenvalue weighted by molar-refractivity contribution is -0.115. The topological polar surface area (TPSA) is 58.6 Å². The Kier molecular flexibility index (Phi) is 6.47. The molecule has 1 N–H and O–H groups in total. The van der Waals surface area contributed by atoms with Crippen LogP contribution in [-0.4, -0.2) is 24.7 Å². The second kappa shape index (κ2) is 9.32. The number of nitrogens with one attached hydrogen (secondary N) is 1. The summed E-state index contributed by atoms with van der Waals surface area (Å²) in [4.78, 5) is 27.1. The lowest BCUT2D eigenvalue weighted by Gasteiger charge is -2.26. The molecule has 1 heterocycles. The third kappa shape index (κ3) is 5.06. The van der Waals surface area contributed by atoms with Crippen LogP contribution in [0.4, 0.5) is 11.4 Å². The fourth-order valence-electron chi connectivity index (χ4n) is 3.75. The van der Waals surface area contributed by atoms with Gasteiger partial charge in [0, 0.05) is 16.9 Å². The van der Waals surface area contributed by atoms with Crippen LogP contribution in [0.15, 0.2) is 72.8 Å². The molecule has 1 saturated heterocycles. The molecule has 0 radical (unpaired) electrons. The van der Waals surface area contributed by atoms with Gasteiger partial charge >= 0.3 is 0 Å². The summed E-state index contributed by atoms with van der Waals surface area (Å²) in [7, 11) is 1.59. The number of ether oxygens (including phenoxy) is 1. The molecule has 3 aromatic carbocycles. The van der Waals surface area contributed by atoms with E-state index in [-0.39, 0.29) is 22.6 Å². The van der Waals surface area contributed by atoms with Crippen LogP contribution in [0.1, 0.15) is 47.6 Å². The molecule has 3 aromatic rings. The molecule has 4 rings (SSSR count). The first-order chi connectivity index (χ1) is 15.8. The largest absolute Gasteiger partial charge is 0.497 e. The highest BCUT2D eigenvalue weighted by atomic mass is 32.2. The van der Waals surface area contributed by atoms with Gasteiger partial charge in [-0.05, 0) is 65.1 Å². The van der Waals surface area contributed by atoms with E-state index in [0.717, 1.165) is 11.3 Å². The quantitative estimate of drug-likeness (QED) is 0.506. The normalized spacial score (nSPS) is 16.1. The number of nitrogens with zero attached hydrogens (tertiary/aromatic N) is 1. The molecule has 33 heavy (non-hydrogen) atoms. The molecule has 5 nitrogen and oxygen atoms in total. The summed E-state index contributed by atoms with van der Waals surface area (Å²) in [6, 6.07) is 22.9. The van der Waals surface area contributed by atoms with Crippen molar-refractivity contribution in [1.29, 1.82) is 0 Å². The smallest absolute Gasteiger partial charge is 0.255 e. The van der Waals surface area contributed by atoms with Crippen LogP contribution < -0.4 is 15.0 Å². The monoisotopic (exact) mass is 460 g/mol. The number of amides is 2. The molecule has 0 aromatic heterocycles. The van der Waals surface area contributed by atoms with E-state index >= 15 is 0 Å². The Hall–Kier alpha value is -3.25. The van der Waals surface area contributed by atoms with Crippen molar-refractivity contribution in [3.8, 4) is 5.75 Å². The van der Waals surface area contributed by atoms with Crippen LogP contribution in [0.25, 0.3) is 0 Å². The van der Waals surface area contributed by atoms with Gasteiger partial charge < -0.3 is 10.1 Å². The number of carbonyl (C=O) groups is 2. The lowest BCUT2D eigenvalue weighted by atomic mass is 9.87. The van der Waals surface area contributed by atoms with Gasteiger partial charge in [-0.25, -0.2) is 0 Å². The molecular formula is C27H28N2O3S. The zero-order chi connectivity index (χ0) is 23.6. The van der Waals surface area contributed by atoms with Crippen molar-refractivity contribution in [2.24, 2.45) is 0 Å². The van der Waals surface area contributed by atoms with E-state index in [2.05, 4.69) is 38.2 Å². The molecule has 170 valence electrons. The van der Waals surface area contributed by atoms with Crippen LogP contribution in [0.3, 0.4) is 0 Å². The van der Waals surface area contributed by atoms with Gasteiger partial charge in [0.1, 0.15) is 11.1 Å². The van der Waals surface area contributed by atoms with Gasteiger partial charge in [0.05, 0.1) is 12.9 Å². The third-order valence-corrected chi connectivity index (χ3v) is 6.90. The highest BCUT2D eigenvalue weighted by Gasteiger charge is 2.34. The summed E-state index contributed by atoms with van der Waals surface area (Å²) in [5, 5.41) is 2.83. The molecule has 1 aliphatic heterocycles. The minimum Gasteiger partial charge on any atom is -0.497 e. The summed E-state index contributed by atoms with van der Waals surface area (Å²) in [5.41, 5.74) is 4.48. The first kappa shape index (κ1) is 22.9. The second-order valence-electron chi connectivity index (χ2n) is 9.03. The number of hydrogen-bond donors (Lipinski definition) is 1. The maximum absolute atomic E-state index is 12.7. The molecule has 1 atom stereocenters. The molecule has 0 spiro atoms. The van der Waals surface area contributed by atoms with Gasteiger partial charge in [0.25, 0.3) is 5.91 Å². The Balaban J connectivity index is 1.49. The third-order valence-electron chi connectivity index (χ3n) is 5.69. The number of carbonyl (C=O) groups excluding carboxylic acids is 2. The van der Waals surface area contributed by atoms with E-state index in [1.165, 1.54) is 5.56 Å². The van der Waals surface area contributed by atoms with E-state index < -0.39 is 0 Å². The predicted molar refractivity (Wildman–Crippen MR) is 135 cm³/mol. The number of rotatable bonds is 5. The van der Waals surface area contributed by atoms with Crippen LogP contribution >= 0.6 is 11.8 Å². The summed E-state index contributed by atoms with van der Waals surface area (Å²) in [6.07, 6.45) is 0. The van der Waals surface area contributed by atoms with E-state index in [0.29, 0.717) is 22.8 Å². The van der Waals surface area contributed by atoms with E-state index in [1.807, 2.05) is 41.3 Å². The zero-order valence-corrected chi connectivity index (χ0v) is 20.1. The van der Waals surface area contributed by atoms with E-state index in [9.17, 15) is 9.59 Å². The van der Waals surface area contributed by atoms with Crippen molar-refractivity contribution in [2.45, 2.75) is 31.6 Å². The van der Waals surface area contributed by atoms with Crippen LogP contribution in [-0.2, 0) is 10.2 Å². The van der Waals surface area contributed by atoms with Crippen molar-refractivity contribution in [2.75, 3.05) is 23.1 Å². The standard InChI is InChI=1S/C27H28N2O3S/c1-27(2,3)20-9-13-22(14-10-20)29-24(30)17-33-26(29)19-5-11-21(12-6-19)28-25(31)18-7-15-23(32-4)16-8-18/h5-16,26H,17H2,1-4H3,(H,28,31). The van der Waals surface area contributed by atoms with Gasteiger partial charge in [-0.2, -0.15) is 0 Å². The second-order valence-corrected chi connectivity index (χ2v) is 10.1. The molecule has 6 heteroatoms. The van der Waals surface area contributed by atoms with Gasteiger partial charge in [-0.15, -0.1) is 11.8 Å². The summed E-state index contributed by atoms with van der Waals surface area (Å²) in [6.45, 7) is 6.53. The zero-order valence-electron chi connectivity index (χ0n) is 19.3. The Bertz CT molecular complexity index is 1130. The minimum atomic E-state index is -0.184. The summed E-state index contributed by atoms with van der Waals surface area (Å²) in [5.74, 6) is 1.07. The van der Waals surface area contributed by atoms with Crippen LogP contribution in [0.5, 0.6) is 5.75 Å². The maximum Gasteiger partial charge on any atom is 0.255 e. The van der Waals surface area contributed by atoms with Crippen molar-refractivity contribution in [3.05, 3.63) is 89.5 Å². The van der Waals surface area contributed by atoms with Crippen molar-refractivity contribution in [1.82, 2.24) is 0 Å². The molecule has 0 saturated carbocycles. The first-order valence-corrected chi connectivity index (χ1v) is 11.9. The SMILES string of the molecule is COc1ccc(C(=O)Nc2ccc(C3SCC(=O)N3c3ccc(C(C)(C)C)cc3)cc2)cc1. The van der Waals surface area contributed by atoms with Gasteiger partial charge in [-0.3, -0.25) is 14.5 Å². The van der Waals surface area contributed by atoms with Crippen LogP contribution in [0, 0.1) is 0 Å². The van der Waals surface area contributed by atoms with Crippen molar-refractivity contribution >= 4 is 35.0 Å². The highest BCUT2D eigenvalue weighted by molar-refractivity contribution is 8.00. The van der Waals surface area contributed by atoms with Gasteiger partial charge in [0.15, 0.2) is 0 Å². The summed E-state index contributed by atoms with van der Waals surface area (Å²) >= 11 is 1.61. The van der Waals surface area contributed by atoms with E-state index in [1.54, 1.807) is 43.1 Å². The predicted octanol–water partition coefficient (Wildman–Crippen LogP) is 6.02. The molecule has 0 aliphatic carbocycles. The van der Waals surface area contributed by atoms with Gasteiger partial charge in [-0.1, -0.05) is 45.0 Å². The number of hydrogen-bond acceptors (Lipinski definition) is 4. The summed E-state index contributed by atoms with van der Waals surface area (Å²) < 4.78 is 5.14. The minimum absolute atomic E-state index is 0.0633. The Labute approximate surface area is 199 Å².